The Bertz CT molecular complexity index is 818. The molecule has 21 heavy (non-hydrogen) atoms. The molecule has 1 aromatic heterocycles. The number of hydrogen-bond donors (Lipinski definition) is 2. The van der Waals surface area contributed by atoms with E-state index in [1.54, 1.807) is 0 Å². The van der Waals surface area contributed by atoms with Gasteiger partial charge in [0, 0.05) is 5.56 Å². The van der Waals surface area contributed by atoms with E-state index in [0.29, 0.717) is 5.56 Å². The van der Waals surface area contributed by atoms with Crippen LogP contribution in [-0.4, -0.2) is 15.2 Å². The van der Waals surface area contributed by atoms with Gasteiger partial charge in [0.15, 0.2) is 11.6 Å². The van der Waals surface area contributed by atoms with E-state index in [-0.39, 0.29) is 23.0 Å². The Hall–Kier alpha value is -2.96. The second kappa shape index (κ2) is 4.86. The van der Waals surface area contributed by atoms with Crippen LogP contribution in [0, 0.1) is 11.6 Å². The van der Waals surface area contributed by atoms with Gasteiger partial charge < -0.3 is 15.4 Å². The van der Waals surface area contributed by atoms with Gasteiger partial charge in [-0.3, -0.25) is 0 Å². The number of halogens is 2. The van der Waals surface area contributed by atoms with Gasteiger partial charge in [0.25, 0.3) is 5.89 Å². The van der Waals surface area contributed by atoms with Crippen molar-refractivity contribution in [1.82, 2.24) is 10.1 Å². The Morgan fingerprint density at radius 2 is 1.90 bits per heavy atom. The zero-order valence-corrected chi connectivity index (χ0v) is 10.5. The summed E-state index contributed by atoms with van der Waals surface area (Å²) < 4.78 is 31.7. The predicted molar refractivity (Wildman–Crippen MR) is 71.2 cm³/mol. The number of nitrogen functional groups attached to an aromatic ring is 1. The molecule has 5 nitrogen and oxygen atoms in total. The smallest absolute Gasteiger partial charge is 0.260 e. The molecular formula is C14H9F2N3O2. The van der Waals surface area contributed by atoms with Crippen molar-refractivity contribution in [3.05, 3.63) is 48.0 Å². The number of anilines is 1. The molecule has 3 aromatic rings. The molecule has 0 spiro atoms. The van der Waals surface area contributed by atoms with Crippen LogP contribution in [0.2, 0.25) is 0 Å². The summed E-state index contributed by atoms with van der Waals surface area (Å²) in [7, 11) is 0. The zero-order valence-electron chi connectivity index (χ0n) is 10.5. The van der Waals surface area contributed by atoms with Gasteiger partial charge in [-0.2, -0.15) is 4.98 Å². The van der Waals surface area contributed by atoms with E-state index in [0.717, 1.165) is 6.07 Å². The molecule has 0 saturated heterocycles. The Morgan fingerprint density at radius 1 is 1.10 bits per heavy atom. The minimum atomic E-state index is -0.802. The van der Waals surface area contributed by atoms with Crippen molar-refractivity contribution in [2.45, 2.75) is 0 Å². The summed E-state index contributed by atoms with van der Waals surface area (Å²) in [5.74, 6) is -1.74. The number of nitrogens with two attached hydrogens (primary N) is 1. The van der Waals surface area contributed by atoms with E-state index in [2.05, 4.69) is 10.1 Å². The van der Waals surface area contributed by atoms with Crippen molar-refractivity contribution >= 4 is 5.69 Å². The summed E-state index contributed by atoms with van der Waals surface area (Å²) in [4.78, 5) is 4.05. The van der Waals surface area contributed by atoms with Gasteiger partial charge in [-0.1, -0.05) is 11.2 Å². The molecule has 0 aliphatic carbocycles. The van der Waals surface area contributed by atoms with Crippen molar-refractivity contribution < 1.29 is 18.4 Å². The molecule has 3 rings (SSSR count). The standard InChI is InChI=1S/C14H9F2N3O2/c15-9-3-1-2-8(12(9)17)14-18-13(19-21-14)7-4-5-11(20)10(16)6-7/h1-6,20H,17H2. The molecular weight excluding hydrogens is 280 g/mol. The summed E-state index contributed by atoms with van der Waals surface area (Å²) in [6.07, 6.45) is 0. The highest BCUT2D eigenvalue weighted by atomic mass is 19.1. The van der Waals surface area contributed by atoms with Crippen LogP contribution in [0.25, 0.3) is 22.8 Å². The molecule has 7 heteroatoms. The maximum atomic E-state index is 13.4. The first kappa shape index (κ1) is 13.0. The van der Waals surface area contributed by atoms with Gasteiger partial charge in [0.2, 0.25) is 5.82 Å². The second-order valence-corrected chi connectivity index (χ2v) is 4.29. The monoisotopic (exact) mass is 289 g/mol. The van der Waals surface area contributed by atoms with Crippen molar-refractivity contribution in [3.63, 3.8) is 0 Å². The highest BCUT2D eigenvalue weighted by Gasteiger charge is 2.15. The molecule has 0 radical (unpaired) electrons. The summed E-state index contributed by atoms with van der Waals surface area (Å²) in [6, 6.07) is 7.89. The fourth-order valence-electron chi connectivity index (χ4n) is 1.82. The van der Waals surface area contributed by atoms with Crippen molar-refractivity contribution in [3.8, 4) is 28.6 Å². The quantitative estimate of drug-likeness (QED) is 0.708. The van der Waals surface area contributed by atoms with Crippen LogP contribution in [0.15, 0.2) is 40.9 Å². The number of aromatic hydroxyl groups is 1. The molecule has 0 aliphatic rings. The van der Waals surface area contributed by atoms with Crippen LogP contribution < -0.4 is 5.73 Å². The number of phenols is 1. The van der Waals surface area contributed by atoms with E-state index >= 15 is 0 Å². The van der Waals surface area contributed by atoms with Gasteiger partial charge in [-0.15, -0.1) is 0 Å². The molecule has 106 valence electrons. The van der Waals surface area contributed by atoms with E-state index in [4.69, 9.17) is 15.4 Å². The number of phenolic OH excluding ortho intramolecular Hbond substituents is 1. The molecule has 3 N–H and O–H groups in total. The Balaban J connectivity index is 2.03. The average molecular weight is 289 g/mol. The van der Waals surface area contributed by atoms with Crippen LogP contribution in [0.5, 0.6) is 5.75 Å². The average Bonchev–Trinajstić information content (AvgIpc) is 2.94. The predicted octanol–water partition coefficient (Wildman–Crippen LogP) is 2.97. The molecule has 0 atom stereocenters. The van der Waals surface area contributed by atoms with Crippen LogP contribution in [0.4, 0.5) is 14.5 Å². The summed E-state index contributed by atoms with van der Waals surface area (Å²) in [5.41, 5.74) is 6.08. The molecule has 2 aromatic carbocycles. The van der Waals surface area contributed by atoms with Crippen LogP contribution in [0.1, 0.15) is 0 Å². The highest BCUT2D eigenvalue weighted by Crippen LogP contribution is 2.29. The SMILES string of the molecule is Nc1c(F)cccc1-c1nc(-c2ccc(O)c(F)c2)no1. The molecule has 0 saturated carbocycles. The molecule has 1 heterocycles. The maximum Gasteiger partial charge on any atom is 0.260 e. The number of nitrogens with zero attached hydrogens (tertiary/aromatic N) is 2. The van der Waals surface area contributed by atoms with Gasteiger partial charge in [0.05, 0.1) is 11.3 Å². The lowest BCUT2D eigenvalue weighted by Gasteiger charge is -2.00. The highest BCUT2D eigenvalue weighted by molar-refractivity contribution is 5.71. The normalized spacial score (nSPS) is 10.8. The fraction of sp³-hybridized carbons (Fsp3) is 0. The third-order valence-corrected chi connectivity index (χ3v) is 2.92. The minimum Gasteiger partial charge on any atom is -0.505 e. The van der Waals surface area contributed by atoms with Crippen LogP contribution in [-0.2, 0) is 0 Å². The molecule has 0 bridgehead atoms. The van der Waals surface area contributed by atoms with Gasteiger partial charge in [-0.25, -0.2) is 8.78 Å². The van der Waals surface area contributed by atoms with Gasteiger partial charge in [-0.05, 0) is 30.3 Å². The Morgan fingerprint density at radius 3 is 2.67 bits per heavy atom. The number of benzene rings is 2. The summed E-state index contributed by atoms with van der Waals surface area (Å²) in [5, 5.41) is 12.8. The Labute approximate surface area is 117 Å². The van der Waals surface area contributed by atoms with E-state index < -0.39 is 17.4 Å². The third kappa shape index (κ3) is 2.29. The first-order valence-corrected chi connectivity index (χ1v) is 5.93. The minimum absolute atomic E-state index is 0.0236. The largest absolute Gasteiger partial charge is 0.505 e. The lowest BCUT2D eigenvalue weighted by atomic mass is 10.1. The summed E-state index contributed by atoms with van der Waals surface area (Å²) >= 11 is 0. The van der Waals surface area contributed by atoms with Gasteiger partial charge >= 0.3 is 0 Å². The lowest BCUT2D eigenvalue weighted by molar-refractivity contribution is 0.430. The molecule has 0 fully saturated rings. The number of aromatic nitrogens is 2. The van der Waals surface area contributed by atoms with Gasteiger partial charge in [0.1, 0.15) is 5.82 Å². The fourth-order valence-corrected chi connectivity index (χ4v) is 1.82. The number of hydrogen-bond acceptors (Lipinski definition) is 5. The number of rotatable bonds is 2. The van der Waals surface area contributed by atoms with Crippen molar-refractivity contribution in [2.24, 2.45) is 0 Å². The van der Waals surface area contributed by atoms with Crippen molar-refractivity contribution in [1.29, 1.82) is 0 Å². The molecule has 0 amide bonds. The lowest BCUT2D eigenvalue weighted by Crippen LogP contribution is -1.94. The first-order valence-electron chi connectivity index (χ1n) is 5.93. The van der Waals surface area contributed by atoms with E-state index in [9.17, 15) is 8.78 Å². The number of para-hydroxylation sites is 1. The topological polar surface area (TPSA) is 85.2 Å². The maximum absolute atomic E-state index is 13.4. The Kier molecular flexibility index (Phi) is 3.02. The van der Waals surface area contributed by atoms with E-state index in [1.165, 1.54) is 30.3 Å². The first-order chi connectivity index (χ1) is 10.1. The van der Waals surface area contributed by atoms with Crippen LogP contribution in [0.3, 0.4) is 0 Å². The van der Waals surface area contributed by atoms with Crippen molar-refractivity contribution in [2.75, 3.05) is 5.73 Å². The molecule has 0 aliphatic heterocycles. The van der Waals surface area contributed by atoms with Crippen LogP contribution >= 0.6 is 0 Å². The summed E-state index contributed by atoms with van der Waals surface area (Å²) in [6.45, 7) is 0. The second-order valence-electron chi connectivity index (χ2n) is 4.29. The molecule has 0 unspecified atom stereocenters. The third-order valence-electron chi connectivity index (χ3n) is 2.92. The zero-order chi connectivity index (χ0) is 15.0. The van der Waals surface area contributed by atoms with E-state index in [1.807, 2.05) is 0 Å².